The van der Waals surface area contributed by atoms with Gasteiger partial charge in [0.1, 0.15) is 5.75 Å². The molecule has 5 heteroatoms. The Bertz CT molecular complexity index is 790. The molecule has 3 rings (SSSR count). The van der Waals surface area contributed by atoms with Crippen LogP contribution in [-0.2, 0) is 19.7 Å². The largest absolute Gasteiger partial charge is 0.494 e. The summed E-state index contributed by atoms with van der Waals surface area (Å²) in [5.41, 5.74) is 0.785. The third-order valence-corrected chi connectivity index (χ3v) is 4.97. The summed E-state index contributed by atoms with van der Waals surface area (Å²) in [7, 11) is 1.40. The van der Waals surface area contributed by atoms with E-state index in [0.717, 1.165) is 17.0 Å². The number of benzene rings is 2. The summed E-state index contributed by atoms with van der Waals surface area (Å²) in [6.45, 7) is 2.40. The number of nitrogens with zero attached hydrogens (tertiary/aromatic N) is 1. The van der Waals surface area contributed by atoms with Crippen LogP contribution >= 0.6 is 0 Å². The van der Waals surface area contributed by atoms with E-state index in [4.69, 9.17) is 9.47 Å². The first-order valence-corrected chi connectivity index (χ1v) is 8.72. The summed E-state index contributed by atoms with van der Waals surface area (Å²) < 4.78 is 11.0. The fraction of sp³-hybridized carbons (Fsp3) is 0.333. The summed E-state index contributed by atoms with van der Waals surface area (Å²) in [4.78, 5) is 26.5. The molecule has 1 unspecified atom stereocenters. The maximum Gasteiger partial charge on any atom is 0.316 e. The van der Waals surface area contributed by atoms with Crippen LogP contribution in [0.25, 0.3) is 0 Å². The number of methoxy groups -OCH3 is 1. The number of anilines is 1. The second kappa shape index (κ2) is 7.60. The maximum absolute atomic E-state index is 12.8. The molecule has 0 N–H and O–H groups in total. The molecule has 1 aliphatic rings. The lowest BCUT2D eigenvalue weighted by molar-refractivity contribution is -0.149. The molecule has 0 bridgehead atoms. The number of para-hydroxylation sites is 2. The first-order valence-electron chi connectivity index (χ1n) is 8.72. The van der Waals surface area contributed by atoms with Crippen LogP contribution in [-0.4, -0.2) is 32.1 Å². The van der Waals surface area contributed by atoms with E-state index in [0.29, 0.717) is 26.0 Å². The second-order valence-corrected chi connectivity index (χ2v) is 6.42. The summed E-state index contributed by atoms with van der Waals surface area (Å²) >= 11 is 0. The minimum absolute atomic E-state index is 0.0311. The first kappa shape index (κ1) is 18.0. The molecule has 1 atom stereocenters. The van der Waals surface area contributed by atoms with Crippen LogP contribution in [0.3, 0.4) is 0 Å². The molecule has 1 heterocycles. The Morgan fingerprint density at radius 2 is 1.77 bits per heavy atom. The molecule has 0 saturated carbocycles. The molecule has 0 aromatic heterocycles. The molecule has 5 nitrogen and oxygen atoms in total. The molecule has 0 spiro atoms. The van der Waals surface area contributed by atoms with E-state index in [1.807, 2.05) is 54.6 Å². The summed E-state index contributed by atoms with van der Waals surface area (Å²) in [5.74, 6) is 0.447. The smallest absolute Gasteiger partial charge is 0.316 e. The zero-order chi connectivity index (χ0) is 18.6. The van der Waals surface area contributed by atoms with Gasteiger partial charge in [-0.3, -0.25) is 9.59 Å². The van der Waals surface area contributed by atoms with E-state index in [2.05, 4.69) is 0 Å². The number of fused-ring (bicyclic) bond motifs is 1. The summed E-state index contributed by atoms with van der Waals surface area (Å²) in [6.07, 6.45) is 0.992. The minimum atomic E-state index is -0.813. The van der Waals surface area contributed by atoms with Crippen LogP contribution in [0.2, 0.25) is 0 Å². The van der Waals surface area contributed by atoms with Crippen molar-refractivity contribution >= 4 is 17.6 Å². The average Bonchev–Trinajstić information content (AvgIpc) is 2.68. The molecular formula is C21H23NO4. The third kappa shape index (κ3) is 3.29. The Hall–Kier alpha value is -2.82. The van der Waals surface area contributed by atoms with Crippen LogP contribution in [0, 0.1) is 0 Å². The van der Waals surface area contributed by atoms with E-state index in [1.54, 1.807) is 11.8 Å². The molecule has 2 aromatic carbocycles. The van der Waals surface area contributed by atoms with Crippen LogP contribution in [0.15, 0.2) is 54.6 Å². The Kier molecular flexibility index (Phi) is 5.26. The van der Waals surface area contributed by atoms with Gasteiger partial charge in [-0.1, -0.05) is 36.4 Å². The van der Waals surface area contributed by atoms with Crippen LogP contribution < -0.4 is 9.64 Å². The van der Waals surface area contributed by atoms with E-state index in [9.17, 15) is 9.59 Å². The van der Waals surface area contributed by atoms with Gasteiger partial charge in [-0.15, -0.1) is 0 Å². The van der Waals surface area contributed by atoms with Crippen molar-refractivity contribution in [2.75, 3.05) is 25.2 Å². The van der Waals surface area contributed by atoms with Crippen molar-refractivity contribution in [3.05, 3.63) is 60.2 Å². The zero-order valence-electron chi connectivity index (χ0n) is 15.1. The predicted octanol–water partition coefficient (Wildman–Crippen LogP) is 3.32. The van der Waals surface area contributed by atoms with Crippen molar-refractivity contribution in [1.29, 1.82) is 0 Å². The van der Waals surface area contributed by atoms with E-state index in [1.165, 1.54) is 7.11 Å². The molecule has 0 aliphatic carbocycles. The Labute approximate surface area is 153 Å². The molecule has 1 aliphatic heterocycles. The van der Waals surface area contributed by atoms with Gasteiger partial charge in [0.05, 0.1) is 19.1 Å². The minimum Gasteiger partial charge on any atom is -0.494 e. The lowest BCUT2D eigenvalue weighted by Crippen LogP contribution is -2.48. The number of carbonyl (C=O) groups excluding carboxylic acids is 2. The van der Waals surface area contributed by atoms with Crippen LogP contribution in [0.4, 0.5) is 5.69 Å². The average molecular weight is 353 g/mol. The lowest BCUT2D eigenvalue weighted by Gasteiger charge is -2.41. The number of hydrogen-bond donors (Lipinski definition) is 0. The Morgan fingerprint density at radius 3 is 2.46 bits per heavy atom. The number of amides is 1. The van der Waals surface area contributed by atoms with E-state index in [-0.39, 0.29) is 11.9 Å². The molecule has 26 heavy (non-hydrogen) atoms. The number of carbonyl (C=O) groups is 2. The molecule has 1 amide bonds. The molecule has 136 valence electrons. The van der Waals surface area contributed by atoms with Crippen molar-refractivity contribution in [1.82, 2.24) is 0 Å². The van der Waals surface area contributed by atoms with Gasteiger partial charge in [-0.2, -0.15) is 0 Å². The predicted molar refractivity (Wildman–Crippen MR) is 99.3 cm³/mol. The van der Waals surface area contributed by atoms with Gasteiger partial charge < -0.3 is 14.4 Å². The van der Waals surface area contributed by atoms with Crippen molar-refractivity contribution in [2.24, 2.45) is 0 Å². The highest BCUT2D eigenvalue weighted by Gasteiger charge is 2.46. The summed E-state index contributed by atoms with van der Waals surface area (Å²) in [5, 5.41) is 0. The topological polar surface area (TPSA) is 55.8 Å². The Morgan fingerprint density at radius 1 is 1.08 bits per heavy atom. The second-order valence-electron chi connectivity index (χ2n) is 6.42. The Balaban J connectivity index is 1.91. The van der Waals surface area contributed by atoms with Crippen LogP contribution in [0.1, 0.15) is 25.3 Å². The molecule has 0 saturated heterocycles. The molecular weight excluding hydrogens is 330 g/mol. The quantitative estimate of drug-likeness (QED) is 0.774. The highest BCUT2D eigenvalue weighted by atomic mass is 16.5. The molecule has 0 fully saturated rings. The number of ether oxygens (including phenoxy) is 2. The highest BCUT2D eigenvalue weighted by Crippen LogP contribution is 2.43. The van der Waals surface area contributed by atoms with Gasteiger partial charge in [-0.25, -0.2) is 0 Å². The fourth-order valence-corrected chi connectivity index (χ4v) is 3.63. The standard InChI is InChI=1S/C21H23NO4/c1-16(23)22-14-12-21(20(24)25-2,18-10-6-7-11-19(18)22)13-15-26-17-8-4-3-5-9-17/h3-11H,12-15H2,1-2H3. The fourth-order valence-electron chi connectivity index (χ4n) is 3.63. The number of esters is 1. The highest BCUT2D eigenvalue weighted by molar-refractivity contribution is 5.96. The van der Waals surface area contributed by atoms with Crippen LogP contribution in [0.5, 0.6) is 5.75 Å². The van der Waals surface area contributed by atoms with Crippen molar-refractivity contribution in [3.63, 3.8) is 0 Å². The SMILES string of the molecule is COC(=O)C1(CCOc2ccccc2)CCN(C(C)=O)c2ccccc21. The van der Waals surface area contributed by atoms with E-state index >= 15 is 0 Å². The van der Waals surface area contributed by atoms with Gasteiger partial charge in [0.15, 0.2) is 0 Å². The van der Waals surface area contributed by atoms with Gasteiger partial charge in [0.25, 0.3) is 0 Å². The maximum atomic E-state index is 12.8. The number of hydrogen-bond acceptors (Lipinski definition) is 4. The van der Waals surface area contributed by atoms with Gasteiger partial charge in [0, 0.05) is 25.6 Å². The first-order chi connectivity index (χ1) is 12.6. The third-order valence-electron chi connectivity index (χ3n) is 4.97. The monoisotopic (exact) mass is 353 g/mol. The molecule has 0 radical (unpaired) electrons. The molecule has 2 aromatic rings. The van der Waals surface area contributed by atoms with E-state index < -0.39 is 5.41 Å². The summed E-state index contributed by atoms with van der Waals surface area (Å²) in [6, 6.07) is 17.1. The van der Waals surface area contributed by atoms with Gasteiger partial charge in [0.2, 0.25) is 5.91 Å². The van der Waals surface area contributed by atoms with Gasteiger partial charge >= 0.3 is 5.97 Å². The zero-order valence-corrected chi connectivity index (χ0v) is 15.1. The van der Waals surface area contributed by atoms with Gasteiger partial charge in [-0.05, 0) is 30.2 Å². The van der Waals surface area contributed by atoms with Crippen molar-refractivity contribution < 1.29 is 19.1 Å². The van der Waals surface area contributed by atoms with Crippen molar-refractivity contribution in [2.45, 2.75) is 25.2 Å². The lowest BCUT2D eigenvalue weighted by atomic mass is 9.72. The normalized spacial score (nSPS) is 18.8. The number of rotatable bonds is 5. The van der Waals surface area contributed by atoms with Crippen molar-refractivity contribution in [3.8, 4) is 5.75 Å².